The molecule has 6 heteroatoms. The van der Waals surface area contributed by atoms with Gasteiger partial charge in [0, 0.05) is 11.8 Å². The standard InChI is InChI=1S/C8H11FN2O3/c9-8-5(10)1-4(2-11-8)7(14)6(13)3-12/h1-2,6-7,12-14H,3,10H2. The molecule has 0 amide bonds. The van der Waals surface area contributed by atoms with Gasteiger partial charge in [-0.1, -0.05) is 0 Å². The Morgan fingerprint density at radius 2 is 2.14 bits per heavy atom. The van der Waals surface area contributed by atoms with Gasteiger partial charge in [-0.05, 0) is 6.07 Å². The van der Waals surface area contributed by atoms with Crippen LogP contribution in [0.2, 0.25) is 0 Å². The van der Waals surface area contributed by atoms with Crippen LogP contribution in [0.4, 0.5) is 10.1 Å². The number of nitrogen functional groups attached to an aromatic ring is 1. The maximum absolute atomic E-state index is 12.6. The molecule has 1 heterocycles. The molecule has 0 aromatic carbocycles. The smallest absolute Gasteiger partial charge is 0.236 e. The molecule has 0 aliphatic carbocycles. The zero-order valence-electron chi connectivity index (χ0n) is 7.26. The van der Waals surface area contributed by atoms with E-state index in [1.54, 1.807) is 0 Å². The molecule has 1 rings (SSSR count). The van der Waals surface area contributed by atoms with Gasteiger partial charge < -0.3 is 21.1 Å². The van der Waals surface area contributed by atoms with Crippen molar-refractivity contribution in [3.63, 3.8) is 0 Å². The number of hydrogen-bond acceptors (Lipinski definition) is 5. The second kappa shape index (κ2) is 4.32. The highest BCUT2D eigenvalue weighted by Gasteiger charge is 2.18. The van der Waals surface area contributed by atoms with Crippen LogP contribution in [0.3, 0.4) is 0 Å². The zero-order chi connectivity index (χ0) is 10.7. The first-order valence-corrected chi connectivity index (χ1v) is 3.94. The normalized spacial score (nSPS) is 15.1. The lowest BCUT2D eigenvalue weighted by Crippen LogP contribution is -2.22. The van der Waals surface area contributed by atoms with Crippen molar-refractivity contribution in [2.75, 3.05) is 12.3 Å². The molecule has 0 saturated heterocycles. The third kappa shape index (κ3) is 2.16. The lowest BCUT2D eigenvalue weighted by atomic mass is 10.1. The molecule has 0 radical (unpaired) electrons. The highest BCUT2D eigenvalue weighted by Crippen LogP contribution is 2.19. The molecule has 5 N–H and O–H groups in total. The van der Waals surface area contributed by atoms with E-state index < -0.39 is 24.8 Å². The molecular formula is C8H11FN2O3. The molecule has 0 aliphatic rings. The van der Waals surface area contributed by atoms with E-state index in [-0.39, 0.29) is 11.3 Å². The van der Waals surface area contributed by atoms with Gasteiger partial charge in [0.2, 0.25) is 5.95 Å². The fourth-order valence-electron chi connectivity index (χ4n) is 0.966. The maximum Gasteiger partial charge on any atom is 0.236 e. The van der Waals surface area contributed by atoms with Gasteiger partial charge in [-0.2, -0.15) is 4.39 Å². The predicted octanol–water partition coefficient (Wildman–Crippen LogP) is -0.811. The van der Waals surface area contributed by atoms with E-state index >= 15 is 0 Å². The number of aliphatic hydroxyl groups is 3. The number of hydrogen-bond donors (Lipinski definition) is 4. The van der Waals surface area contributed by atoms with Crippen LogP contribution in [0.15, 0.2) is 12.3 Å². The summed E-state index contributed by atoms with van der Waals surface area (Å²) in [5.74, 6) is -0.834. The highest BCUT2D eigenvalue weighted by molar-refractivity contribution is 5.39. The van der Waals surface area contributed by atoms with Crippen molar-refractivity contribution < 1.29 is 19.7 Å². The van der Waals surface area contributed by atoms with Crippen LogP contribution >= 0.6 is 0 Å². The van der Waals surface area contributed by atoms with Crippen molar-refractivity contribution in [1.82, 2.24) is 4.98 Å². The molecule has 2 unspecified atom stereocenters. The number of nitrogens with zero attached hydrogens (tertiary/aromatic N) is 1. The largest absolute Gasteiger partial charge is 0.395 e. The van der Waals surface area contributed by atoms with Crippen LogP contribution in [0.5, 0.6) is 0 Å². The van der Waals surface area contributed by atoms with Gasteiger partial charge in [0.1, 0.15) is 12.2 Å². The van der Waals surface area contributed by atoms with Crippen molar-refractivity contribution in [2.45, 2.75) is 12.2 Å². The Hall–Kier alpha value is -1.24. The van der Waals surface area contributed by atoms with Gasteiger partial charge in [0.05, 0.1) is 12.3 Å². The molecule has 0 spiro atoms. The number of rotatable bonds is 3. The number of nitrogens with two attached hydrogens (primary N) is 1. The third-order valence-electron chi connectivity index (χ3n) is 1.78. The minimum Gasteiger partial charge on any atom is -0.395 e. The molecule has 1 aromatic heterocycles. The molecular weight excluding hydrogens is 191 g/mol. The van der Waals surface area contributed by atoms with E-state index in [9.17, 15) is 9.50 Å². The summed E-state index contributed by atoms with van der Waals surface area (Å²) in [6.45, 7) is -0.599. The second-order valence-corrected chi connectivity index (χ2v) is 2.84. The van der Waals surface area contributed by atoms with E-state index in [0.29, 0.717) is 0 Å². The van der Waals surface area contributed by atoms with Gasteiger partial charge in [-0.3, -0.25) is 0 Å². The molecule has 0 saturated carbocycles. The van der Waals surface area contributed by atoms with E-state index in [1.165, 1.54) is 0 Å². The van der Waals surface area contributed by atoms with Crippen LogP contribution in [0.1, 0.15) is 11.7 Å². The van der Waals surface area contributed by atoms with Crippen molar-refractivity contribution in [3.8, 4) is 0 Å². The monoisotopic (exact) mass is 202 g/mol. The molecule has 1 aromatic rings. The summed E-state index contributed by atoms with van der Waals surface area (Å²) in [5, 5.41) is 27.0. The topological polar surface area (TPSA) is 99.6 Å². The third-order valence-corrected chi connectivity index (χ3v) is 1.78. The fraction of sp³-hybridized carbons (Fsp3) is 0.375. The van der Waals surface area contributed by atoms with Gasteiger partial charge in [0.15, 0.2) is 0 Å². The van der Waals surface area contributed by atoms with Crippen LogP contribution in [0, 0.1) is 5.95 Å². The first-order valence-electron chi connectivity index (χ1n) is 3.94. The minimum absolute atomic E-state index is 0.158. The van der Waals surface area contributed by atoms with Crippen LogP contribution in [-0.4, -0.2) is 33.0 Å². The summed E-state index contributed by atoms with van der Waals surface area (Å²) in [7, 11) is 0. The Labute approximate surface area is 79.6 Å². The van der Waals surface area contributed by atoms with Crippen molar-refractivity contribution in [2.24, 2.45) is 0 Å². The molecule has 5 nitrogen and oxygen atoms in total. The van der Waals surface area contributed by atoms with Crippen molar-refractivity contribution in [1.29, 1.82) is 0 Å². The molecule has 78 valence electrons. The number of halogens is 1. The lowest BCUT2D eigenvalue weighted by Gasteiger charge is -2.15. The maximum atomic E-state index is 12.6. The summed E-state index contributed by atoms with van der Waals surface area (Å²) in [5.41, 5.74) is 5.15. The number of anilines is 1. The molecule has 14 heavy (non-hydrogen) atoms. The van der Waals surface area contributed by atoms with E-state index in [1.807, 2.05) is 0 Å². The van der Waals surface area contributed by atoms with E-state index in [0.717, 1.165) is 12.3 Å². The Bertz CT molecular complexity index is 321. The van der Waals surface area contributed by atoms with E-state index in [2.05, 4.69) is 4.98 Å². The van der Waals surface area contributed by atoms with E-state index in [4.69, 9.17) is 15.9 Å². The molecule has 0 aliphatic heterocycles. The first-order chi connectivity index (χ1) is 6.56. The van der Waals surface area contributed by atoms with Gasteiger partial charge in [0.25, 0.3) is 0 Å². The minimum atomic E-state index is -1.33. The van der Waals surface area contributed by atoms with Crippen LogP contribution < -0.4 is 5.73 Å². The molecule has 0 bridgehead atoms. The quantitative estimate of drug-likeness (QED) is 0.480. The number of pyridine rings is 1. The average Bonchev–Trinajstić information content (AvgIpc) is 2.20. The summed E-state index contributed by atoms with van der Waals surface area (Å²) >= 11 is 0. The highest BCUT2D eigenvalue weighted by atomic mass is 19.1. The Kier molecular flexibility index (Phi) is 3.34. The second-order valence-electron chi connectivity index (χ2n) is 2.84. The summed E-state index contributed by atoms with van der Waals surface area (Å²) in [4.78, 5) is 3.27. The van der Waals surface area contributed by atoms with Crippen molar-refractivity contribution >= 4 is 5.69 Å². The SMILES string of the molecule is Nc1cc(C(O)C(O)CO)cnc1F. The Morgan fingerprint density at radius 3 is 2.64 bits per heavy atom. The zero-order valence-corrected chi connectivity index (χ0v) is 7.26. The predicted molar refractivity (Wildman–Crippen MR) is 46.7 cm³/mol. The van der Waals surface area contributed by atoms with Crippen LogP contribution in [-0.2, 0) is 0 Å². The molecule has 2 atom stereocenters. The molecule has 0 fully saturated rings. The van der Waals surface area contributed by atoms with Gasteiger partial charge in [-0.25, -0.2) is 4.98 Å². The summed E-state index contributed by atoms with van der Waals surface area (Å²) < 4.78 is 12.6. The van der Waals surface area contributed by atoms with Gasteiger partial charge >= 0.3 is 0 Å². The van der Waals surface area contributed by atoms with Gasteiger partial charge in [-0.15, -0.1) is 0 Å². The Morgan fingerprint density at radius 1 is 1.50 bits per heavy atom. The average molecular weight is 202 g/mol. The summed E-state index contributed by atoms with van der Waals surface area (Å²) in [6.07, 6.45) is -1.60. The number of aliphatic hydroxyl groups excluding tert-OH is 3. The number of aromatic nitrogens is 1. The van der Waals surface area contributed by atoms with Crippen molar-refractivity contribution in [3.05, 3.63) is 23.8 Å². The first kappa shape index (κ1) is 10.8. The lowest BCUT2D eigenvalue weighted by molar-refractivity contribution is -0.0154. The summed E-state index contributed by atoms with van der Waals surface area (Å²) in [6, 6.07) is 1.16. The Balaban J connectivity index is 2.91. The fourth-order valence-corrected chi connectivity index (χ4v) is 0.966. The van der Waals surface area contributed by atoms with Crippen LogP contribution in [0.25, 0.3) is 0 Å².